The van der Waals surface area contributed by atoms with Crippen molar-refractivity contribution in [1.29, 1.82) is 0 Å². The van der Waals surface area contributed by atoms with E-state index in [0.29, 0.717) is 28.8 Å². The summed E-state index contributed by atoms with van der Waals surface area (Å²) in [6.07, 6.45) is 2.35. The molecule has 130 valence electrons. The van der Waals surface area contributed by atoms with Crippen LogP contribution in [0.2, 0.25) is 0 Å². The molecule has 3 rings (SSSR count). The van der Waals surface area contributed by atoms with Crippen molar-refractivity contribution in [2.45, 2.75) is 12.3 Å². The molecule has 3 aromatic rings. The van der Waals surface area contributed by atoms with Crippen LogP contribution in [0.5, 0.6) is 0 Å². The summed E-state index contributed by atoms with van der Waals surface area (Å²) in [5.74, 6) is -0.0644. The summed E-state index contributed by atoms with van der Waals surface area (Å²) in [5, 5.41) is 4.15. The summed E-state index contributed by atoms with van der Waals surface area (Å²) in [4.78, 5) is 12.0. The molecule has 0 radical (unpaired) electrons. The Balaban J connectivity index is 2.08. The van der Waals surface area contributed by atoms with Crippen LogP contribution >= 0.6 is 15.9 Å². The Morgan fingerprint density at radius 1 is 1.32 bits per heavy atom. The lowest BCUT2D eigenvalue weighted by Gasteiger charge is -2.15. The van der Waals surface area contributed by atoms with Crippen LogP contribution in [-0.4, -0.2) is 22.2 Å². The summed E-state index contributed by atoms with van der Waals surface area (Å²) in [5.41, 5.74) is 14.2. The number of benzene rings is 1. The smallest absolute Gasteiger partial charge is 0.284 e. The van der Waals surface area contributed by atoms with Crippen molar-refractivity contribution >= 4 is 21.8 Å². The predicted octanol–water partition coefficient (Wildman–Crippen LogP) is 2.83. The van der Waals surface area contributed by atoms with Gasteiger partial charge in [-0.05, 0) is 40.5 Å². The number of rotatable bonds is 6. The second-order valence-electron chi connectivity index (χ2n) is 5.81. The topological polar surface area (TPSA) is 100 Å². The molecule has 0 bridgehead atoms. The van der Waals surface area contributed by atoms with Crippen LogP contribution in [-0.2, 0) is 13.5 Å². The third kappa shape index (κ3) is 3.38. The molecule has 1 unspecified atom stereocenters. The number of furan rings is 1. The number of hydrogen-bond donors (Lipinski definition) is 2. The first-order valence-corrected chi connectivity index (χ1v) is 8.66. The largest absolute Gasteiger partial charge is 0.448 e. The highest BCUT2D eigenvalue weighted by atomic mass is 79.9. The molecule has 2 aromatic heterocycles. The molecule has 0 aliphatic heterocycles. The van der Waals surface area contributed by atoms with Gasteiger partial charge in [-0.2, -0.15) is 5.10 Å². The van der Waals surface area contributed by atoms with Crippen molar-refractivity contribution in [1.82, 2.24) is 9.78 Å². The molecule has 0 saturated heterocycles. The van der Waals surface area contributed by atoms with Gasteiger partial charge < -0.3 is 15.9 Å². The fourth-order valence-corrected chi connectivity index (χ4v) is 3.72. The predicted molar refractivity (Wildman–Crippen MR) is 99.1 cm³/mol. The fraction of sp³-hybridized carbons (Fsp3) is 0.222. The van der Waals surface area contributed by atoms with Gasteiger partial charge in [0, 0.05) is 24.7 Å². The van der Waals surface area contributed by atoms with Crippen LogP contribution in [0.3, 0.4) is 0 Å². The highest BCUT2D eigenvalue weighted by Gasteiger charge is 2.29. The van der Waals surface area contributed by atoms with Gasteiger partial charge >= 0.3 is 0 Å². The molecular formula is C18H19BrN4O2. The van der Waals surface area contributed by atoms with Gasteiger partial charge in [-0.15, -0.1) is 0 Å². The number of nitrogens with two attached hydrogens (primary N) is 2. The molecule has 2 heterocycles. The van der Waals surface area contributed by atoms with E-state index in [4.69, 9.17) is 15.9 Å². The zero-order valence-corrected chi connectivity index (χ0v) is 15.4. The molecule has 0 saturated carbocycles. The molecule has 6 nitrogen and oxygen atoms in total. The Kier molecular flexibility index (Phi) is 5.06. The highest BCUT2D eigenvalue weighted by Crippen LogP contribution is 2.40. The lowest BCUT2D eigenvalue weighted by Crippen LogP contribution is -2.20. The molecule has 0 fully saturated rings. The van der Waals surface area contributed by atoms with E-state index in [1.165, 1.54) is 0 Å². The first-order valence-electron chi connectivity index (χ1n) is 7.87. The molecule has 1 atom stereocenters. The van der Waals surface area contributed by atoms with Crippen molar-refractivity contribution < 1.29 is 9.21 Å². The molecule has 7 heteroatoms. The first kappa shape index (κ1) is 17.4. The first-order chi connectivity index (χ1) is 12.0. The van der Waals surface area contributed by atoms with E-state index in [1.807, 2.05) is 36.4 Å². The van der Waals surface area contributed by atoms with Crippen molar-refractivity contribution in [3.8, 4) is 11.5 Å². The maximum Gasteiger partial charge on any atom is 0.284 e. The maximum absolute atomic E-state index is 12.0. The number of aromatic nitrogens is 2. The summed E-state index contributed by atoms with van der Waals surface area (Å²) in [6, 6.07) is 11.8. The molecule has 25 heavy (non-hydrogen) atoms. The number of primary amides is 1. The minimum absolute atomic E-state index is 0.106. The number of halogens is 1. The van der Waals surface area contributed by atoms with Crippen LogP contribution in [0.4, 0.5) is 0 Å². The molecule has 1 amide bonds. The lowest BCUT2D eigenvalue weighted by atomic mass is 9.91. The number of hydrogen-bond acceptors (Lipinski definition) is 4. The van der Waals surface area contributed by atoms with Crippen LogP contribution in [0.1, 0.15) is 27.6 Å². The average molecular weight is 403 g/mol. The van der Waals surface area contributed by atoms with Crippen molar-refractivity contribution in [3.63, 3.8) is 0 Å². The quantitative estimate of drug-likeness (QED) is 0.661. The van der Waals surface area contributed by atoms with Crippen molar-refractivity contribution in [2.24, 2.45) is 18.5 Å². The van der Waals surface area contributed by atoms with Gasteiger partial charge in [-0.1, -0.05) is 30.3 Å². The van der Waals surface area contributed by atoms with Gasteiger partial charge in [0.2, 0.25) is 0 Å². The zero-order valence-electron chi connectivity index (χ0n) is 13.8. The van der Waals surface area contributed by atoms with E-state index >= 15 is 0 Å². The van der Waals surface area contributed by atoms with Gasteiger partial charge in [0.15, 0.2) is 11.5 Å². The minimum atomic E-state index is -0.615. The van der Waals surface area contributed by atoms with Gasteiger partial charge in [0.25, 0.3) is 5.91 Å². The van der Waals surface area contributed by atoms with Crippen molar-refractivity contribution in [3.05, 3.63) is 64.0 Å². The third-order valence-electron chi connectivity index (χ3n) is 4.18. The lowest BCUT2D eigenvalue weighted by molar-refractivity contribution is 0.0972. The zero-order chi connectivity index (χ0) is 18.0. The van der Waals surface area contributed by atoms with E-state index in [2.05, 4.69) is 21.0 Å². The summed E-state index contributed by atoms with van der Waals surface area (Å²) < 4.78 is 8.18. The highest BCUT2D eigenvalue weighted by molar-refractivity contribution is 9.10. The van der Waals surface area contributed by atoms with Crippen LogP contribution in [0.25, 0.3) is 11.5 Å². The number of aryl methyl sites for hydroxylation is 1. The Hall–Kier alpha value is -2.38. The van der Waals surface area contributed by atoms with Crippen LogP contribution in [0.15, 0.2) is 51.5 Å². The van der Waals surface area contributed by atoms with E-state index < -0.39 is 5.91 Å². The van der Waals surface area contributed by atoms with E-state index in [9.17, 15) is 4.79 Å². The van der Waals surface area contributed by atoms with Gasteiger partial charge in [-0.25, -0.2) is 0 Å². The second kappa shape index (κ2) is 7.25. The second-order valence-corrected chi connectivity index (χ2v) is 6.61. The molecule has 0 aliphatic carbocycles. The monoisotopic (exact) mass is 402 g/mol. The molecule has 0 spiro atoms. The third-order valence-corrected chi connectivity index (χ3v) is 4.97. The Labute approximate surface area is 153 Å². The fourth-order valence-electron chi connectivity index (χ4n) is 2.93. The van der Waals surface area contributed by atoms with Crippen LogP contribution in [0, 0.1) is 0 Å². The van der Waals surface area contributed by atoms with E-state index in [-0.39, 0.29) is 11.7 Å². The summed E-state index contributed by atoms with van der Waals surface area (Å²) in [7, 11) is 1.80. The SMILES string of the molecule is Cn1nccc1-c1oc(C(N)=O)c(C(CN)Cc2ccccc2)c1Br. The Morgan fingerprint density at radius 2 is 2.04 bits per heavy atom. The van der Waals surface area contributed by atoms with E-state index in [0.717, 1.165) is 11.3 Å². The van der Waals surface area contributed by atoms with Crippen molar-refractivity contribution in [2.75, 3.05) is 6.54 Å². The standard InChI is InChI=1S/C18H19BrN4O2/c1-23-13(7-8-22-23)16-15(19)14(17(25-16)18(21)24)12(10-20)9-11-5-3-2-4-6-11/h2-8,12H,9-10,20H2,1H3,(H2,21,24). The molecule has 1 aromatic carbocycles. The minimum Gasteiger partial charge on any atom is -0.448 e. The maximum atomic E-state index is 12.0. The number of carbonyl (C=O) groups excluding carboxylic acids is 1. The number of carbonyl (C=O) groups is 1. The number of nitrogens with zero attached hydrogens (tertiary/aromatic N) is 2. The normalized spacial score (nSPS) is 12.3. The van der Waals surface area contributed by atoms with Gasteiger partial charge in [0.1, 0.15) is 5.69 Å². The number of amides is 1. The van der Waals surface area contributed by atoms with Crippen LogP contribution < -0.4 is 11.5 Å². The molecule has 4 N–H and O–H groups in total. The summed E-state index contributed by atoms with van der Waals surface area (Å²) >= 11 is 3.58. The molecular weight excluding hydrogens is 384 g/mol. The Bertz CT molecular complexity index is 886. The average Bonchev–Trinajstić information content (AvgIpc) is 3.17. The molecule has 0 aliphatic rings. The van der Waals surface area contributed by atoms with Gasteiger partial charge in [0.05, 0.1) is 4.47 Å². The summed E-state index contributed by atoms with van der Waals surface area (Å²) in [6.45, 7) is 0.359. The van der Waals surface area contributed by atoms with Gasteiger partial charge in [-0.3, -0.25) is 9.48 Å². The van der Waals surface area contributed by atoms with E-state index in [1.54, 1.807) is 17.9 Å². The Morgan fingerprint density at radius 3 is 2.60 bits per heavy atom.